The molecule has 0 saturated heterocycles. The third-order valence-electron chi connectivity index (χ3n) is 1.66. The summed E-state index contributed by atoms with van der Waals surface area (Å²) in [7, 11) is 0. The second-order valence-electron chi connectivity index (χ2n) is 2.84. The van der Waals surface area contributed by atoms with Crippen molar-refractivity contribution in [2.45, 2.75) is 6.92 Å². The van der Waals surface area contributed by atoms with Crippen molar-refractivity contribution in [3.63, 3.8) is 0 Å². The van der Waals surface area contributed by atoms with Gasteiger partial charge < -0.3 is 4.89 Å². The summed E-state index contributed by atoms with van der Waals surface area (Å²) in [5, 5.41) is 3.83. The number of hydrogen-bond donors (Lipinski definition) is 0. The molecule has 1 aromatic carbocycles. The van der Waals surface area contributed by atoms with E-state index in [-0.39, 0.29) is 0 Å². The molecule has 1 heterocycles. The smallest absolute Gasteiger partial charge is 0.188 e. The minimum absolute atomic E-state index is 0.646. The molecule has 0 radical (unpaired) electrons. The molecule has 0 saturated carbocycles. The van der Waals surface area contributed by atoms with Gasteiger partial charge in [0.25, 0.3) is 0 Å². The SMILES string of the molecule is Cc1ccc(OOSn2cncn2)cc1. The average Bonchev–Trinajstić information content (AvgIpc) is 2.74. The minimum atomic E-state index is 0.646. The summed E-state index contributed by atoms with van der Waals surface area (Å²) in [5.41, 5.74) is 1.17. The summed E-state index contributed by atoms with van der Waals surface area (Å²) < 4.78 is 6.32. The fraction of sp³-hybridized carbons (Fsp3) is 0.111. The zero-order valence-corrected chi connectivity index (χ0v) is 8.85. The first-order chi connectivity index (χ1) is 7.34. The highest BCUT2D eigenvalue weighted by Gasteiger charge is 1.97. The number of benzene rings is 1. The van der Waals surface area contributed by atoms with Crippen molar-refractivity contribution in [1.29, 1.82) is 0 Å². The summed E-state index contributed by atoms with van der Waals surface area (Å²) in [6.07, 6.45) is 2.94. The van der Waals surface area contributed by atoms with Crippen LogP contribution in [0.5, 0.6) is 5.75 Å². The first kappa shape index (κ1) is 10.0. The predicted octanol–water partition coefficient (Wildman–Crippen LogP) is 2.01. The van der Waals surface area contributed by atoms with E-state index in [4.69, 9.17) is 9.22 Å². The lowest BCUT2D eigenvalue weighted by molar-refractivity contribution is -0.0789. The van der Waals surface area contributed by atoms with E-state index in [1.807, 2.05) is 31.2 Å². The Bertz CT molecular complexity index is 402. The highest BCUT2D eigenvalue weighted by atomic mass is 32.2. The predicted molar refractivity (Wildman–Crippen MR) is 55.9 cm³/mol. The molecule has 0 aliphatic heterocycles. The summed E-state index contributed by atoms with van der Waals surface area (Å²) >= 11 is 0.947. The Hall–Kier alpha value is -1.53. The van der Waals surface area contributed by atoms with Crippen molar-refractivity contribution in [2.24, 2.45) is 0 Å². The molecule has 0 amide bonds. The molecule has 0 aliphatic carbocycles. The third-order valence-corrected chi connectivity index (χ3v) is 2.13. The first-order valence-electron chi connectivity index (χ1n) is 4.27. The molecule has 0 unspecified atom stereocenters. The van der Waals surface area contributed by atoms with E-state index in [2.05, 4.69) is 10.1 Å². The Morgan fingerprint density at radius 2 is 2.07 bits per heavy atom. The fourth-order valence-corrected chi connectivity index (χ4v) is 1.26. The van der Waals surface area contributed by atoms with Crippen molar-refractivity contribution in [3.05, 3.63) is 42.5 Å². The van der Waals surface area contributed by atoms with E-state index in [0.717, 1.165) is 12.2 Å². The number of aryl methyl sites for hydroxylation is 1. The van der Waals surface area contributed by atoms with Gasteiger partial charge in [-0.1, -0.05) is 22.0 Å². The second-order valence-corrected chi connectivity index (χ2v) is 3.50. The van der Waals surface area contributed by atoms with Crippen LogP contribution >= 0.6 is 12.2 Å². The molecular weight excluding hydrogens is 214 g/mol. The quantitative estimate of drug-likeness (QED) is 0.451. The van der Waals surface area contributed by atoms with Crippen LogP contribution in [0.1, 0.15) is 5.56 Å². The third kappa shape index (κ3) is 2.97. The van der Waals surface area contributed by atoms with Crippen LogP contribution in [0.15, 0.2) is 36.9 Å². The van der Waals surface area contributed by atoms with Crippen LogP contribution in [0.2, 0.25) is 0 Å². The summed E-state index contributed by atoms with van der Waals surface area (Å²) in [4.78, 5) is 8.76. The molecule has 0 aliphatic rings. The van der Waals surface area contributed by atoms with Crippen LogP contribution in [-0.4, -0.2) is 14.2 Å². The number of nitrogens with zero attached hydrogens (tertiary/aromatic N) is 3. The van der Waals surface area contributed by atoms with E-state index in [9.17, 15) is 0 Å². The fourth-order valence-electron chi connectivity index (χ4n) is 0.915. The van der Waals surface area contributed by atoms with Gasteiger partial charge in [0.05, 0.1) is 0 Å². The van der Waals surface area contributed by atoms with Crippen LogP contribution in [0.25, 0.3) is 0 Å². The van der Waals surface area contributed by atoms with Crippen molar-refractivity contribution in [3.8, 4) is 5.75 Å². The molecule has 78 valence electrons. The largest absolute Gasteiger partial charge is 0.324 e. The molecule has 5 nitrogen and oxygen atoms in total. The zero-order chi connectivity index (χ0) is 10.5. The summed E-state index contributed by atoms with van der Waals surface area (Å²) in [6.45, 7) is 2.01. The Balaban J connectivity index is 1.81. The molecule has 1 aromatic heterocycles. The summed E-state index contributed by atoms with van der Waals surface area (Å²) in [5.74, 6) is 0.646. The van der Waals surface area contributed by atoms with Crippen molar-refractivity contribution in [1.82, 2.24) is 14.2 Å². The molecule has 2 aromatic rings. The van der Waals surface area contributed by atoms with Gasteiger partial charge >= 0.3 is 0 Å². The number of aromatic nitrogens is 3. The molecule has 0 N–H and O–H groups in total. The lowest BCUT2D eigenvalue weighted by Gasteiger charge is -2.02. The van der Waals surface area contributed by atoms with Gasteiger partial charge in [-0.3, -0.25) is 0 Å². The van der Waals surface area contributed by atoms with Crippen LogP contribution < -0.4 is 4.89 Å². The van der Waals surface area contributed by atoms with E-state index in [0.29, 0.717) is 5.75 Å². The molecular formula is C9H9N3O2S. The monoisotopic (exact) mass is 223 g/mol. The van der Waals surface area contributed by atoms with Gasteiger partial charge in [-0.2, -0.15) is 4.09 Å². The number of rotatable bonds is 4. The Morgan fingerprint density at radius 3 is 2.73 bits per heavy atom. The van der Waals surface area contributed by atoms with E-state index in [1.54, 1.807) is 0 Å². The molecule has 0 spiro atoms. The maximum absolute atomic E-state index is 5.01. The van der Waals surface area contributed by atoms with Crippen molar-refractivity contribution >= 4 is 12.2 Å². The molecule has 0 bridgehead atoms. The number of hydrogen-bond acceptors (Lipinski definition) is 5. The van der Waals surface area contributed by atoms with Crippen LogP contribution in [-0.2, 0) is 4.33 Å². The first-order valence-corrected chi connectivity index (χ1v) is 4.97. The lowest BCUT2D eigenvalue weighted by Crippen LogP contribution is -1.94. The minimum Gasteiger partial charge on any atom is -0.324 e. The van der Waals surface area contributed by atoms with E-state index in [1.165, 1.54) is 22.3 Å². The van der Waals surface area contributed by atoms with Gasteiger partial charge in [0.15, 0.2) is 18.0 Å². The van der Waals surface area contributed by atoms with Gasteiger partial charge in [-0.05, 0) is 19.1 Å². The van der Waals surface area contributed by atoms with Crippen LogP contribution in [0.3, 0.4) is 0 Å². The van der Waals surface area contributed by atoms with E-state index >= 15 is 0 Å². The van der Waals surface area contributed by atoms with Gasteiger partial charge in [-0.15, -0.1) is 5.10 Å². The van der Waals surface area contributed by atoms with Gasteiger partial charge in [0.2, 0.25) is 0 Å². The van der Waals surface area contributed by atoms with Gasteiger partial charge in [-0.25, -0.2) is 4.98 Å². The maximum Gasteiger partial charge on any atom is 0.188 e. The molecule has 0 fully saturated rings. The maximum atomic E-state index is 5.01. The van der Waals surface area contributed by atoms with Gasteiger partial charge in [0, 0.05) is 0 Å². The van der Waals surface area contributed by atoms with Crippen LogP contribution in [0, 0.1) is 6.92 Å². The second kappa shape index (κ2) is 4.81. The highest BCUT2D eigenvalue weighted by Crippen LogP contribution is 2.14. The van der Waals surface area contributed by atoms with Crippen molar-refractivity contribution in [2.75, 3.05) is 0 Å². The average molecular weight is 223 g/mol. The lowest BCUT2D eigenvalue weighted by atomic mass is 10.2. The molecule has 2 rings (SSSR count). The van der Waals surface area contributed by atoms with Gasteiger partial charge in [0.1, 0.15) is 12.7 Å². The van der Waals surface area contributed by atoms with E-state index < -0.39 is 0 Å². The standard InChI is InChI=1S/C9H9N3O2S/c1-8-2-4-9(5-3-8)13-14-15-12-7-10-6-11-12/h2-7H,1H3. The normalized spacial score (nSPS) is 10.2. The Labute approximate surface area is 91.3 Å². The topological polar surface area (TPSA) is 49.2 Å². The molecule has 6 heteroatoms. The zero-order valence-electron chi connectivity index (χ0n) is 8.03. The molecule has 0 atom stereocenters. The highest BCUT2D eigenvalue weighted by molar-refractivity contribution is 7.92. The Kier molecular flexibility index (Phi) is 3.21. The Morgan fingerprint density at radius 1 is 1.27 bits per heavy atom. The molecule has 15 heavy (non-hydrogen) atoms. The summed E-state index contributed by atoms with van der Waals surface area (Å²) in [6, 6.07) is 7.55. The van der Waals surface area contributed by atoms with Crippen molar-refractivity contribution < 1.29 is 9.22 Å². The van der Waals surface area contributed by atoms with Crippen LogP contribution in [0.4, 0.5) is 0 Å².